The predicted octanol–water partition coefficient (Wildman–Crippen LogP) is 2.43. The fourth-order valence-electron chi connectivity index (χ4n) is 2.69. The Morgan fingerprint density at radius 3 is 2.89 bits per heavy atom. The highest BCUT2D eigenvalue weighted by Crippen LogP contribution is 2.32. The van der Waals surface area contributed by atoms with Crippen LogP contribution in [0.2, 0.25) is 0 Å². The van der Waals surface area contributed by atoms with E-state index in [9.17, 15) is 0 Å². The van der Waals surface area contributed by atoms with Crippen molar-refractivity contribution in [2.24, 2.45) is 0 Å². The standard InChI is InChI=1S/C15H19N3O/c1-15(2)10-18(7-8-19-15)14-4-3-13(16)12-9-17-6-5-11(12)14/h3-6,9H,7-8,10,16H2,1-2H3. The topological polar surface area (TPSA) is 51.4 Å². The Kier molecular flexibility index (Phi) is 2.82. The fourth-order valence-corrected chi connectivity index (χ4v) is 2.69. The van der Waals surface area contributed by atoms with E-state index < -0.39 is 0 Å². The SMILES string of the molecule is CC1(C)CN(c2ccc(N)c3cnccc23)CCO1. The first-order valence-corrected chi connectivity index (χ1v) is 6.58. The highest BCUT2D eigenvalue weighted by Gasteiger charge is 2.28. The van der Waals surface area contributed by atoms with Gasteiger partial charge in [0.25, 0.3) is 0 Å². The fraction of sp³-hybridized carbons (Fsp3) is 0.400. The Labute approximate surface area is 113 Å². The van der Waals surface area contributed by atoms with Gasteiger partial charge < -0.3 is 15.4 Å². The lowest BCUT2D eigenvalue weighted by molar-refractivity contribution is -0.0276. The van der Waals surface area contributed by atoms with Crippen molar-refractivity contribution in [1.82, 2.24) is 4.98 Å². The summed E-state index contributed by atoms with van der Waals surface area (Å²) in [4.78, 5) is 6.53. The van der Waals surface area contributed by atoms with Crippen molar-refractivity contribution in [3.63, 3.8) is 0 Å². The lowest BCUT2D eigenvalue weighted by atomic mass is 10.0. The molecule has 19 heavy (non-hydrogen) atoms. The van der Waals surface area contributed by atoms with E-state index in [4.69, 9.17) is 10.5 Å². The third-order valence-corrected chi connectivity index (χ3v) is 3.60. The van der Waals surface area contributed by atoms with Crippen LogP contribution in [0.25, 0.3) is 10.8 Å². The van der Waals surface area contributed by atoms with Gasteiger partial charge in [0.1, 0.15) is 0 Å². The van der Waals surface area contributed by atoms with E-state index in [2.05, 4.69) is 29.8 Å². The van der Waals surface area contributed by atoms with Crippen molar-refractivity contribution in [1.29, 1.82) is 0 Å². The van der Waals surface area contributed by atoms with Gasteiger partial charge in [-0.1, -0.05) is 0 Å². The molecule has 0 bridgehead atoms. The largest absolute Gasteiger partial charge is 0.398 e. The third kappa shape index (κ3) is 2.24. The highest BCUT2D eigenvalue weighted by molar-refractivity contribution is 6.00. The van der Waals surface area contributed by atoms with Crippen LogP contribution in [0.1, 0.15) is 13.8 Å². The minimum Gasteiger partial charge on any atom is -0.398 e. The molecule has 0 aliphatic carbocycles. The normalized spacial score (nSPS) is 18.7. The van der Waals surface area contributed by atoms with Crippen molar-refractivity contribution in [2.45, 2.75) is 19.4 Å². The number of ether oxygens (including phenoxy) is 1. The van der Waals surface area contributed by atoms with E-state index in [1.54, 1.807) is 0 Å². The average Bonchev–Trinajstić information content (AvgIpc) is 2.38. The van der Waals surface area contributed by atoms with Crippen LogP contribution in [0, 0.1) is 0 Å². The summed E-state index contributed by atoms with van der Waals surface area (Å²) in [7, 11) is 0. The molecule has 100 valence electrons. The minimum atomic E-state index is -0.112. The van der Waals surface area contributed by atoms with E-state index in [1.807, 2.05) is 24.5 Å². The van der Waals surface area contributed by atoms with Crippen molar-refractivity contribution in [3.05, 3.63) is 30.6 Å². The Morgan fingerprint density at radius 2 is 2.11 bits per heavy atom. The maximum atomic E-state index is 6.02. The van der Waals surface area contributed by atoms with E-state index in [0.717, 1.165) is 36.2 Å². The molecule has 1 aromatic carbocycles. The summed E-state index contributed by atoms with van der Waals surface area (Å²) in [6, 6.07) is 6.09. The summed E-state index contributed by atoms with van der Waals surface area (Å²) >= 11 is 0. The second-order valence-electron chi connectivity index (χ2n) is 5.62. The zero-order chi connectivity index (χ0) is 13.5. The first-order chi connectivity index (χ1) is 9.07. The highest BCUT2D eigenvalue weighted by atomic mass is 16.5. The molecular formula is C15H19N3O. The van der Waals surface area contributed by atoms with Gasteiger partial charge in [-0.25, -0.2) is 0 Å². The van der Waals surface area contributed by atoms with E-state index in [0.29, 0.717) is 0 Å². The molecule has 1 aliphatic rings. The molecule has 1 fully saturated rings. The number of pyridine rings is 1. The van der Waals surface area contributed by atoms with Gasteiger partial charge in [-0.3, -0.25) is 4.98 Å². The van der Waals surface area contributed by atoms with Gasteiger partial charge in [0.05, 0.1) is 12.2 Å². The number of anilines is 2. The van der Waals surface area contributed by atoms with Gasteiger partial charge in [-0.15, -0.1) is 0 Å². The van der Waals surface area contributed by atoms with Gasteiger partial charge in [-0.2, -0.15) is 0 Å². The van der Waals surface area contributed by atoms with E-state index in [-0.39, 0.29) is 5.60 Å². The molecule has 2 aromatic rings. The first-order valence-electron chi connectivity index (χ1n) is 6.58. The first kappa shape index (κ1) is 12.2. The van der Waals surface area contributed by atoms with Crippen molar-refractivity contribution in [3.8, 4) is 0 Å². The second-order valence-corrected chi connectivity index (χ2v) is 5.62. The Hall–Kier alpha value is -1.81. The molecule has 0 unspecified atom stereocenters. The summed E-state index contributed by atoms with van der Waals surface area (Å²) in [6.45, 7) is 6.80. The van der Waals surface area contributed by atoms with Crippen molar-refractivity contribution in [2.75, 3.05) is 30.3 Å². The summed E-state index contributed by atoms with van der Waals surface area (Å²) in [5.74, 6) is 0. The van der Waals surface area contributed by atoms with Crippen LogP contribution >= 0.6 is 0 Å². The van der Waals surface area contributed by atoms with Gasteiger partial charge in [-0.05, 0) is 32.0 Å². The van der Waals surface area contributed by atoms with Crippen LogP contribution < -0.4 is 10.6 Å². The zero-order valence-corrected chi connectivity index (χ0v) is 11.4. The molecule has 0 saturated carbocycles. The molecule has 4 heteroatoms. The molecule has 3 rings (SSSR count). The van der Waals surface area contributed by atoms with Crippen LogP contribution in [0.5, 0.6) is 0 Å². The van der Waals surface area contributed by atoms with E-state index in [1.165, 1.54) is 5.69 Å². The number of hydrogen-bond donors (Lipinski definition) is 1. The van der Waals surface area contributed by atoms with Crippen LogP contribution in [-0.4, -0.2) is 30.3 Å². The molecule has 1 aromatic heterocycles. The smallest absolute Gasteiger partial charge is 0.0801 e. The quantitative estimate of drug-likeness (QED) is 0.797. The maximum absolute atomic E-state index is 6.02. The lowest BCUT2D eigenvalue weighted by Gasteiger charge is -2.40. The van der Waals surface area contributed by atoms with Gasteiger partial charge in [0.2, 0.25) is 0 Å². The molecule has 0 atom stereocenters. The summed E-state index contributed by atoms with van der Waals surface area (Å²) in [5, 5.41) is 2.18. The number of morpholine rings is 1. The third-order valence-electron chi connectivity index (χ3n) is 3.60. The van der Waals surface area contributed by atoms with Crippen LogP contribution in [-0.2, 0) is 4.74 Å². The Morgan fingerprint density at radius 1 is 1.26 bits per heavy atom. The molecule has 2 N–H and O–H groups in total. The number of nitrogens with two attached hydrogens (primary N) is 1. The molecule has 4 nitrogen and oxygen atoms in total. The summed E-state index contributed by atoms with van der Waals surface area (Å²) in [6.07, 6.45) is 3.65. The number of benzene rings is 1. The second kappa shape index (κ2) is 4.38. The van der Waals surface area contributed by atoms with Crippen LogP contribution in [0.15, 0.2) is 30.6 Å². The number of aromatic nitrogens is 1. The Balaban J connectivity index is 2.08. The summed E-state index contributed by atoms with van der Waals surface area (Å²) < 4.78 is 5.77. The van der Waals surface area contributed by atoms with Crippen molar-refractivity contribution < 1.29 is 4.74 Å². The van der Waals surface area contributed by atoms with Gasteiger partial charge in [0, 0.05) is 47.6 Å². The number of nitrogens with zero attached hydrogens (tertiary/aromatic N) is 2. The molecule has 0 amide bonds. The molecular weight excluding hydrogens is 238 g/mol. The minimum absolute atomic E-state index is 0.112. The average molecular weight is 257 g/mol. The molecule has 1 aliphatic heterocycles. The summed E-state index contributed by atoms with van der Waals surface area (Å²) in [5.41, 5.74) is 7.90. The van der Waals surface area contributed by atoms with Crippen LogP contribution in [0.3, 0.4) is 0 Å². The van der Waals surface area contributed by atoms with E-state index >= 15 is 0 Å². The Bertz CT molecular complexity index is 609. The number of fused-ring (bicyclic) bond motifs is 1. The lowest BCUT2D eigenvalue weighted by Crippen LogP contribution is -2.48. The maximum Gasteiger partial charge on any atom is 0.0801 e. The molecule has 0 spiro atoms. The number of hydrogen-bond acceptors (Lipinski definition) is 4. The van der Waals surface area contributed by atoms with Crippen molar-refractivity contribution >= 4 is 22.1 Å². The number of rotatable bonds is 1. The molecule has 1 saturated heterocycles. The predicted molar refractivity (Wildman–Crippen MR) is 78.4 cm³/mol. The monoisotopic (exact) mass is 257 g/mol. The zero-order valence-electron chi connectivity index (χ0n) is 11.4. The van der Waals surface area contributed by atoms with Crippen LogP contribution in [0.4, 0.5) is 11.4 Å². The number of nitrogen functional groups attached to an aromatic ring is 1. The van der Waals surface area contributed by atoms with Gasteiger partial charge in [0.15, 0.2) is 0 Å². The molecule has 0 radical (unpaired) electrons. The van der Waals surface area contributed by atoms with Gasteiger partial charge >= 0.3 is 0 Å². The molecule has 2 heterocycles.